The molecule has 106 valence electrons. The van der Waals surface area contributed by atoms with Crippen molar-refractivity contribution in [3.63, 3.8) is 0 Å². The Bertz CT molecular complexity index is 411. The van der Waals surface area contributed by atoms with Gasteiger partial charge in [-0.25, -0.2) is 0 Å². The van der Waals surface area contributed by atoms with Crippen LogP contribution in [0.4, 0.5) is 5.69 Å². The lowest BCUT2D eigenvalue weighted by atomic mass is 10.1. The number of rotatable bonds is 5. The third kappa shape index (κ3) is 3.87. The van der Waals surface area contributed by atoms with Crippen LogP contribution in [-0.2, 0) is 6.54 Å². The SMILES string of the molecule is CC(C)NCc1ccc(N(C)C2CCCC2)c(Cl)c1. The fourth-order valence-corrected chi connectivity index (χ4v) is 3.09. The summed E-state index contributed by atoms with van der Waals surface area (Å²) >= 11 is 6.45. The van der Waals surface area contributed by atoms with Crippen molar-refractivity contribution in [2.45, 2.75) is 58.2 Å². The van der Waals surface area contributed by atoms with Gasteiger partial charge in [-0.05, 0) is 30.5 Å². The maximum atomic E-state index is 6.45. The van der Waals surface area contributed by atoms with Gasteiger partial charge in [0, 0.05) is 25.7 Å². The Morgan fingerprint density at radius 1 is 1.32 bits per heavy atom. The number of hydrogen-bond donors (Lipinski definition) is 1. The van der Waals surface area contributed by atoms with Crippen LogP contribution in [0, 0.1) is 0 Å². The summed E-state index contributed by atoms with van der Waals surface area (Å²) in [7, 11) is 2.17. The molecule has 0 amide bonds. The van der Waals surface area contributed by atoms with Crippen LogP contribution in [0.5, 0.6) is 0 Å². The van der Waals surface area contributed by atoms with E-state index in [0.717, 1.165) is 11.6 Å². The third-order valence-electron chi connectivity index (χ3n) is 3.98. The highest BCUT2D eigenvalue weighted by Gasteiger charge is 2.21. The van der Waals surface area contributed by atoms with Crippen LogP contribution >= 0.6 is 11.6 Å². The standard InChI is InChI=1S/C16H25ClN2/c1-12(2)18-11-13-8-9-16(15(17)10-13)19(3)14-6-4-5-7-14/h8-10,12,14,18H,4-7,11H2,1-3H3. The first-order valence-electron chi connectivity index (χ1n) is 7.32. The van der Waals surface area contributed by atoms with E-state index in [1.54, 1.807) is 0 Å². The Morgan fingerprint density at radius 2 is 2.00 bits per heavy atom. The summed E-state index contributed by atoms with van der Waals surface area (Å²) in [4.78, 5) is 2.36. The molecule has 0 aromatic heterocycles. The lowest BCUT2D eigenvalue weighted by Crippen LogP contribution is -2.29. The number of benzene rings is 1. The van der Waals surface area contributed by atoms with Gasteiger partial charge >= 0.3 is 0 Å². The minimum Gasteiger partial charge on any atom is -0.370 e. The highest BCUT2D eigenvalue weighted by Crippen LogP contribution is 2.32. The predicted octanol–water partition coefficient (Wildman–Crippen LogP) is 4.22. The number of hydrogen-bond acceptors (Lipinski definition) is 2. The largest absolute Gasteiger partial charge is 0.370 e. The molecule has 0 saturated heterocycles. The molecular formula is C16H25ClN2. The molecule has 0 spiro atoms. The fraction of sp³-hybridized carbons (Fsp3) is 0.625. The van der Waals surface area contributed by atoms with Gasteiger partial charge in [-0.1, -0.05) is 44.4 Å². The van der Waals surface area contributed by atoms with E-state index in [1.165, 1.54) is 36.9 Å². The molecule has 1 aliphatic rings. The van der Waals surface area contributed by atoms with Gasteiger partial charge in [-0.2, -0.15) is 0 Å². The average Bonchev–Trinajstić information content (AvgIpc) is 2.89. The van der Waals surface area contributed by atoms with Crippen LogP contribution in [0.3, 0.4) is 0 Å². The molecule has 1 aromatic carbocycles. The van der Waals surface area contributed by atoms with E-state index in [2.05, 4.69) is 49.3 Å². The van der Waals surface area contributed by atoms with Crippen molar-refractivity contribution in [2.75, 3.05) is 11.9 Å². The Kier molecular flexibility index (Phi) is 5.12. The summed E-state index contributed by atoms with van der Waals surface area (Å²) in [6.45, 7) is 5.19. The van der Waals surface area contributed by atoms with Crippen LogP contribution in [0.1, 0.15) is 45.1 Å². The first-order chi connectivity index (χ1) is 9.08. The lowest BCUT2D eigenvalue weighted by Gasteiger charge is -2.27. The molecule has 1 N–H and O–H groups in total. The second-order valence-corrected chi connectivity index (χ2v) is 6.28. The van der Waals surface area contributed by atoms with E-state index in [1.807, 2.05) is 0 Å². The summed E-state index contributed by atoms with van der Waals surface area (Å²) < 4.78 is 0. The normalized spacial score (nSPS) is 16.3. The van der Waals surface area contributed by atoms with Gasteiger partial charge < -0.3 is 10.2 Å². The van der Waals surface area contributed by atoms with Crippen LogP contribution in [0.15, 0.2) is 18.2 Å². The predicted molar refractivity (Wildman–Crippen MR) is 84.1 cm³/mol. The second-order valence-electron chi connectivity index (χ2n) is 5.87. The van der Waals surface area contributed by atoms with Gasteiger partial charge in [-0.15, -0.1) is 0 Å². The Balaban J connectivity index is 2.05. The summed E-state index contributed by atoms with van der Waals surface area (Å²) in [6.07, 6.45) is 5.29. The minimum atomic E-state index is 0.500. The number of halogens is 1. The molecule has 0 radical (unpaired) electrons. The maximum Gasteiger partial charge on any atom is 0.0642 e. The molecule has 0 bridgehead atoms. The monoisotopic (exact) mass is 280 g/mol. The molecule has 0 unspecified atom stereocenters. The molecule has 2 rings (SSSR count). The maximum absolute atomic E-state index is 6.45. The van der Waals surface area contributed by atoms with Crippen molar-refractivity contribution in [3.8, 4) is 0 Å². The van der Waals surface area contributed by atoms with Gasteiger partial charge in [0.2, 0.25) is 0 Å². The summed E-state index contributed by atoms with van der Waals surface area (Å²) in [5.74, 6) is 0. The molecule has 1 aromatic rings. The first-order valence-corrected chi connectivity index (χ1v) is 7.70. The Morgan fingerprint density at radius 3 is 2.58 bits per heavy atom. The molecule has 2 nitrogen and oxygen atoms in total. The molecule has 0 aliphatic heterocycles. The molecule has 0 atom stereocenters. The number of nitrogens with zero attached hydrogens (tertiary/aromatic N) is 1. The van der Waals surface area contributed by atoms with Crippen molar-refractivity contribution < 1.29 is 0 Å². The van der Waals surface area contributed by atoms with E-state index in [0.29, 0.717) is 12.1 Å². The summed E-state index contributed by atoms with van der Waals surface area (Å²) in [5.41, 5.74) is 2.42. The number of anilines is 1. The highest BCUT2D eigenvalue weighted by atomic mass is 35.5. The quantitative estimate of drug-likeness (QED) is 0.869. The third-order valence-corrected chi connectivity index (χ3v) is 4.28. The molecule has 1 aliphatic carbocycles. The van der Waals surface area contributed by atoms with Crippen LogP contribution in [-0.4, -0.2) is 19.1 Å². The smallest absolute Gasteiger partial charge is 0.0642 e. The van der Waals surface area contributed by atoms with Gasteiger partial charge in [0.05, 0.1) is 10.7 Å². The topological polar surface area (TPSA) is 15.3 Å². The van der Waals surface area contributed by atoms with Crippen LogP contribution < -0.4 is 10.2 Å². The van der Waals surface area contributed by atoms with Crippen molar-refractivity contribution >= 4 is 17.3 Å². The summed E-state index contributed by atoms with van der Waals surface area (Å²) in [5, 5.41) is 4.29. The van der Waals surface area contributed by atoms with Crippen molar-refractivity contribution in [1.82, 2.24) is 5.32 Å². The van der Waals surface area contributed by atoms with Gasteiger partial charge in [0.25, 0.3) is 0 Å². The van der Waals surface area contributed by atoms with Gasteiger partial charge in [0.15, 0.2) is 0 Å². The Hall–Kier alpha value is -0.730. The van der Waals surface area contributed by atoms with Gasteiger partial charge in [0.1, 0.15) is 0 Å². The van der Waals surface area contributed by atoms with Crippen molar-refractivity contribution in [1.29, 1.82) is 0 Å². The molecule has 1 fully saturated rings. The molecular weight excluding hydrogens is 256 g/mol. The van der Waals surface area contributed by atoms with E-state index in [4.69, 9.17) is 11.6 Å². The Labute approximate surface area is 122 Å². The summed E-state index contributed by atoms with van der Waals surface area (Å²) in [6, 6.07) is 7.61. The molecule has 0 heterocycles. The van der Waals surface area contributed by atoms with Crippen molar-refractivity contribution in [3.05, 3.63) is 28.8 Å². The zero-order chi connectivity index (χ0) is 13.8. The second kappa shape index (κ2) is 6.62. The molecule has 3 heteroatoms. The fourth-order valence-electron chi connectivity index (χ4n) is 2.76. The van der Waals surface area contributed by atoms with E-state index in [-0.39, 0.29) is 0 Å². The van der Waals surface area contributed by atoms with Gasteiger partial charge in [-0.3, -0.25) is 0 Å². The van der Waals surface area contributed by atoms with Crippen LogP contribution in [0.2, 0.25) is 5.02 Å². The molecule has 19 heavy (non-hydrogen) atoms. The van der Waals surface area contributed by atoms with E-state index < -0.39 is 0 Å². The average molecular weight is 281 g/mol. The van der Waals surface area contributed by atoms with Crippen LogP contribution in [0.25, 0.3) is 0 Å². The zero-order valence-corrected chi connectivity index (χ0v) is 13.0. The highest BCUT2D eigenvalue weighted by molar-refractivity contribution is 6.33. The first kappa shape index (κ1) is 14.7. The number of nitrogens with one attached hydrogen (secondary N) is 1. The minimum absolute atomic E-state index is 0.500. The lowest BCUT2D eigenvalue weighted by molar-refractivity contribution is 0.588. The van der Waals surface area contributed by atoms with E-state index in [9.17, 15) is 0 Å². The molecule has 1 saturated carbocycles. The van der Waals surface area contributed by atoms with Crippen molar-refractivity contribution in [2.24, 2.45) is 0 Å². The zero-order valence-electron chi connectivity index (χ0n) is 12.2. The van der Waals surface area contributed by atoms with E-state index >= 15 is 0 Å².